The van der Waals surface area contributed by atoms with Crippen molar-refractivity contribution in [2.24, 2.45) is 0 Å². The van der Waals surface area contributed by atoms with Crippen LogP contribution in [0.3, 0.4) is 0 Å². The second-order valence-corrected chi connectivity index (χ2v) is 5.65. The minimum absolute atomic E-state index is 0.0585. The molecule has 5 heteroatoms. The maximum Gasteiger partial charge on any atom is 0.279 e. The van der Waals surface area contributed by atoms with Gasteiger partial charge in [-0.1, -0.05) is 36.4 Å². The number of carbonyl (C=O) groups excluding carboxylic acids is 2. The van der Waals surface area contributed by atoms with Gasteiger partial charge < -0.3 is 15.5 Å². The summed E-state index contributed by atoms with van der Waals surface area (Å²) >= 11 is 0. The number of quaternary nitrogens is 1. The summed E-state index contributed by atoms with van der Waals surface area (Å²) in [5.41, 5.74) is 2.37. The highest BCUT2D eigenvalue weighted by Gasteiger charge is 2.14. The number of benzene rings is 2. The first-order valence-electron chi connectivity index (χ1n) is 8.12. The van der Waals surface area contributed by atoms with E-state index >= 15 is 0 Å². The topological polar surface area (TPSA) is 62.6 Å². The van der Waals surface area contributed by atoms with Gasteiger partial charge >= 0.3 is 0 Å². The van der Waals surface area contributed by atoms with Crippen molar-refractivity contribution in [2.45, 2.75) is 13.5 Å². The van der Waals surface area contributed by atoms with Crippen molar-refractivity contribution in [3.05, 3.63) is 65.7 Å². The lowest BCUT2D eigenvalue weighted by Crippen LogP contribution is -3.11. The average molecular weight is 326 g/mol. The Labute approximate surface area is 142 Å². The second kappa shape index (κ2) is 8.84. The molecule has 1 atom stereocenters. The Morgan fingerprint density at radius 2 is 1.79 bits per heavy atom. The van der Waals surface area contributed by atoms with Crippen LogP contribution in [0.15, 0.2) is 54.6 Å². The summed E-state index contributed by atoms with van der Waals surface area (Å²) in [6.45, 7) is 4.12. The first-order valence-corrected chi connectivity index (χ1v) is 8.12. The molecule has 2 amide bonds. The van der Waals surface area contributed by atoms with Crippen molar-refractivity contribution < 1.29 is 14.5 Å². The van der Waals surface area contributed by atoms with E-state index in [1.807, 2.05) is 18.2 Å². The Hall–Kier alpha value is -2.66. The minimum atomic E-state index is -0.170. The SMILES string of the molecule is CC[NH+](CC(=O)Nc1cccc(C(=O)NC)c1)Cc1ccccc1. The van der Waals surface area contributed by atoms with Gasteiger partial charge in [0.1, 0.15) is 6.54 Å². The van der Waals surface area contributed by atoms with Crippen molar-refractivity contribution in [1.29, 1.82) is 0 Å². The van der Waals surface area contributed by atoms with Crippen molar-refractivity contribution in [1.82, 2.24) is 5.32 Å². The van der Waals surface area contributed by atoms with E-state index < -0.39 is 0 Å². The molecule has 2 aromatic rings. The number of hydrogen-bond donors (Lipinski definition) is 3. The summed E-state index contributed by atoms with van der Waals surface area (Å²) in [6, 6.07) is 17.1. The van der Waals surface area contributed by atoms with E-state index in [0.717, 1.165) is 13.1 Å². The van der Waals surface area contributed by atoms with Gasteiger partial charge in [-0.15, -0.1) is 0 Å². The van der Waals surface area contributed by atoms with Gasteiger partial charge in [0.05, 0.1) is 6.54 Å². The van der Waals surface area contributed by atoms with Gasteiger partial charge in [-0.2, -0.15) is 0 Å². The van der Waals surface area contributed by atoms with Gasteiger partial charge in [-0.25, -0.2) is 0 Å². The first kappa shape index (κ1) is 17.7. The van der Waals surface area contributed by atoms with E-state index in [0.29, 0.717) is 17.8 Å². The summed E-state index contributed by atoms with van der Waals surface area (Å²) < 4.78 is 0. The molecule has 0 fully saturated rings. The largest absolute Gasteiger partial charge is 0.355 e. The fourth-order valence-corrected chi connectivity index (χ4v) is 2.51. The van der Waals surface area contributed by atoms with E-state index in [4.69, 9.17) is 0 Å². The normalized spacial score (nSPS) is 11.6. The summed E-state index contributed by atoms with van der Waals surface area (Å²) in [7, 11) is 1.58. The Morgan fingerprint density at radius 1 is 1.04 bits per heavy atom. The fraction of sp³-hybridized carbons (Fsp3) is 0.263. The molecule has 0 bridgehead atoms. The molecule has 0 aliphatic rings. The van der Waals surface area contributed by atoms with Gasteiger partial charge in [-0.05, 0) is 25.1 Å². The number of nitrogens with one attached hydrogen (secondary N) is 3. The molecule has 24 heavy (non-hydrogen) atoms. The quantitative estimate of drug-likeness (QED) is 0.713. The molecule has 0 radical (unpaired) electrons. The van der Waals surface area contributed by atoms with E-state index in [2.05, 4.69) is 29.7 Å². The fourth-order valence-electron chi connectivity index (χ4n) is 2.51. The van der Waals surface area contributed by atoms with Crippen LogP contribution in [0.5, 0.6) is 0 Å². The third-order valence-electron chi connectivity index (χ3n) is 3.84. The molecule has 0 saturated heterocycles. The van der Waals surface area contributed by atoms with Crippen molar-refractivity contribution >= 4 is 17.5 Å². The number of carbonyl (C=O) groups is 2. The zero-order chi connectivity index (χ0) is 17.4. The summed E-state index contributed by atoms with van der Waals surface area (Å²) in [5, 5.41) is 5.45. The van der Waals surface area contributed by atoms with Gasteiger partial charge in [0.25, 0.3) is 11.8 Å². The minimum Gasteiger partial charge on any atom is -0.355 e. The molecule has 2 aromatic carbocycles. The van der Waals surface area contributed by atoms with Crippen LogP contribution in [0.25, 0.3) is 0 Å². The monoisotopic (exact) mass is 326 g/mol. The maximum absolute atomic E-state index is 12.3. The van der Waals surface area contributed by atoms with Crippen LogP contribution < -0.4 is 15.5 Å². The molecule has 126 valence electrons. The van der Waals surface area contributed by atoms with Crippen LogP contribution in [0.2, 0.25) is 0 Å². The van der Waals surface area contributed by atoms with E-state index in [-0.39, 0.29) is 11.8 Å². The highest BCUT2D eigenvalue weighted by atomic mass is 16.2. The summed E-state index contributed by atoms with van der Waals surface area (Å²) in [4.78, 5) is 25.1. The van der Waals surface area contributed by atoms with Crippen LogP contribution in [-0.4, -0.2) is 32.0 Å². The average Bonchev–Trinajstić information content (AvgIpc) is 2.61. The number of hydrogen-bond acceptors (Lipinski definition) is 2. The van der Waals surface area contributed by atoms with Gasteiger partial charge in [-0.3, -0.25) is 9.59 Å². The van der Waals surface area contributed by atoms with E-state index in [1.54, 1.807) is 31.3 Å². The van der Waals surface area contributed by atoms with Crippen LogP contribution in [0.4, 0.5) is 5.69 Å². The molecular weight excluding hydrogens is 302 g/mol. The van der Waals surface area contributed by atoms with Crippen molar-refractivity contribution in [2.75, 3.05) is 25.5 Å². The highest BCUT2D eigenvalue weighted by Crippen LogP contribution is 2.10. The number of amides is 2. The number of likely N-dealkylation sites (N-methyl/N-ethyl adjacent to an activating group) is 1. The molecule has 0 heterocycles. The molecule has 0 aliphatic heterocycles. The molecule has 0 spiro atoms. The Kier molecular flexibility index (Phi) is 6.51. The highest BCUT2D eigenvalue weighted by molar-refractivity contribution is 5.97. The van der Waals surface area contributed by atoms with Gasteiger partial charge in [0, 0.05) is 23.9 Å². The molecule has 5 nitrogen and oxygen atoms in total. The molecular formula is C19H24N3O2+. The van der Waals surface area contributed by atoms with Gasteiger partial charge in [0.15, 0.2) is 6.54 Å². The van der Waals surface area contributed by atoms with Gasteiger partial charge in [0.2, 0.25) is 0 Å². The van der Waals surface area contributed by atoms with E-state index in [1.165, 1.54) is 10.5 Å². The van der Waals surface area contributed by atoms with Crippen molar-refractivity contribution in [3.8, 4) is 0 Å². The Balaban J connectivity index is 1.95. The predicted octanol–water partition coefficient (Wildman–Crippen LogP) is 1.09. The molecule has 1 unspecified atom stereocenters. The Morgan fingerprint density at radius 3 is 2.46 bits per heavy atom. The number of anilines is 1. The van der Waals surface area contributed by atoms with Crippen LogP contribution >= 0.6 is 0 Å². The maximum atomic E-state index is 12.3. The molecule has 0 saturated carbocycles. The number of rotatable bonds is 7. The molecule has 0 aromatic heterocycles. The lowest BCUT2D eigenvalue weighted by molar-refractivity contribution is -0.903. The van der Waals surface area contributed by atoms with Crippen LogP contribution in [-0.2, 0) is 11.3 Å². The zero-order valence-electron chi connectivity index (χ0n) is 14.1. The predicted molar refractivity (Wildman–Crippen MR) is 95.0 cm³/mol. The molecule has 2 rings (SSSR count). The summed E-state index contributed by atoms with van der Waals surface area (Å²) in [5.74, 6) is -0.229. The third kappa shape index (κ3) is 5.21. The van der Waals surface area contributed by atoms with Crippen molar-refractivity contribution in [3.63, 3.8) is 0 Å². The molecule has 3 N–H and O–H groups in total. The summed E-state index contributed by atoms with van der Waals surface area (Å²) in [6.07, 6.45) is 0. The van der Waals surface area contributed by atoms with Crippen LogP contribution in [0.1, 0.15) is 22.8 Å². The standard InChI is InChI=1S/C19H23N3O2/c1-3-22(13-15-8-5-4-6-9-15)14-18(23)21-17-11-7-10-16(12-17)19(24)20-2/h4-12H,3,13-14H2,1-2H3,(H,20,24)(H,21,23)/p+1. The second-order valence-electron chi connectivity index (χ2n) is 5.65. The molecule has 0 aliphatic carbocycles. The Bertz CT molecular complexity index is 686. The third-order valence-corrected chi connectivity index (χ3v) is 3.84. The van der Waals surface area contributed by atoms with Crippen LogP contribution in [0, 0.1) is 0 Å². The smallest absolute Gasteiger partial charge is 0.279 e. The zero-order valence-corrected chi connectivity index (χ0v) is 14.1. The van der Waals surface area contributed by atoms with E-state index in [9.17, 15) is 9.59 Å². The lowest BCUT2D eigenvalue weighted by atomic mass is 10.2. The lowest BCUT2D eigenvalue weighted by Gasteiger charge is -2.17. The first-order chi connectivity index (χ1) is 11.6.